The first-order valence-corrected chi connectivity index (χ1v) is 9.06. The van der Waals surface area contributed by atoms with Crippen molar-refractivity contribution in [3.63, 3.8) is 0 Å². The number of rotatable bonds is 5. The van der Waals surface area contributed by atoms with Crippen LogP contribution in [0.15, 0.2) is 24.3 Å². The average molecular weight is 370 g/mol. The molecule has 1 heterocycles. The molecule has 0 radical (unpaired) electrons. The van der Waals surface area contributed by atoms with Crippen LogP contribution in [0, 0.1) is 0 Å². The lowest BCUT2D eigenvalue weighted by Gasteiger charge is -2.22. The van der Waals surface area contributed by atoms with Crippen molar-refractivity contribution in [3.05, 3.63) is 35.7 Å². The molecule has 1 aromatic heterocycles. The SMILES string of the molecule is COc1ccc(NC(C)=O)c(NC(=O)c2cc(C3CC3)n(C(C)(C)C)n2)c1. The predicted molar refractivity (Wildman–Crippen MR) is 104 cm³/mol. The molecule has 3 rings (SSSR count). The van der Waals surface area contributed by atoms with Gasteiger partial charge in [-0.2, -0.15) is 5.10 Å². The fourth-order valence-corrected chi connectivity index (χ4v) is 2.95. The van der Waals surface area contributed by atoms with Crippen molar-refractivity contribution in [2.75, 3.05) is 17.7 Å². The van der Waals surface area contributed by atoms with Crippen LogP contribution in [0.2, 0.25) is 0 Å². The third-order valence-electron chi connectivity index (χ3n) is 4.39. The number of hydrogen-bond acceptors (Lipinski definition) is 4. The molecule has 1 aromatic carbocycles. The van der Waals surface area contributed by atoms with Gasteiger partial charge in [0.25, 0.3) is 5.91 Å². The van der Waals surface area contributed by atoms with E-state index in [1.54, 1.807) is 25.3 Å². The number of ether oxygens (including phenoxy) is 1. The molecule has 1 saturated carbocycles. The fourth-order valence-electron chi connectivity index (χ4n) is 2.95. The molecule has 2 N–H and O–H groups in total. The van der Waals surface area contributed by atoms with E-state index in [-0.39, 0.29) is 17.4 Å². The Morgan fingerprint density at radius 2 is 1.85 bits per heavy atom. The maximum Gasteiger partial charge on any atom is 0.276 e. The summed E-state index contributed by atoms with van der Waals surface area (Å²) in [5, 5.41) is 10.1. The summed E-state index contributed by atoms with van der Waals surface area (Å²) in [5.41, 5.74) is 2.24. The van der Waals surface area contributed by atoms with Gasteiger partial charge >= 0.3 is 0 Å². The second-order valence-corrected chi connectivity index (χ2v) is 7.86. The highest BCUT2D eigenvalue weighted by Crippen LogP contribution is 2.41. The van der Waals surface area contributed by atoms with Crippen molar-refractivity contribution < 1.29 is 14.3 Å². The summed E-state index contributed by atoms with van der Waals surface area (Å²) >= 11 is 0. The van der Waals surface area contributed by atoms with Crippen LogP contribution in [0.3, 0.4) is 0 Å². The topological polar surface area (TPSA) is 85.3 Å². The smallest absolute Gasteiger partial charge is 0.276 e. The summed E-state index contributed by atoms with van der Waals surface area (Å²) in [6, 6.07) is 6.96. The van der Waals surface area contributed by atoms with Crippen LogP contribution < -0.4 is 15.4 Å². The summed E-state index contributed by atoms with van der Waals surface area (Å²) in [6.45, 7) is 7.64. The van der Waals surface area contributed by atoms with Gasteiger partial charge in [0, 0.05) is 24.6 Å². The molecular weight excluding hydrogens is 344 g/mol. The second-order valence-electron chi connectivity index (χ2n) is 7.86. The molecule has 7 nitrogen and oxygen atoms in total. The molecule has 27 heavy (non-hydrogen) atoms. The minimum Gasteiger partial charge on any atom is -0.497 e. The number of hydrogen-bond donors (Lipinski definition) is 2. The Kier molecular flexibility index (Phi) is 4.95. The van der Waals surface area contributed by atoms with Crippen LogP contribution in [0.5, 0.6) is 5.75 Å². The molecule has 0 aliphatic heterocycles. The molecule has 1 aliphatic rings. The van der Waals surface area contributed by atoms with Gasteiger partial charge in [0.15, 0.2) is 5.69 Å². The summed E-state index contributed by atoms with van der Waals surface area (Å²) in [6.07, 6.45) is 2.26. The summed E-state index contributed by atoms with van der Waals surface area (Å²) in [4.78, 5) is 24.3. The molecule has 2 amide bonds. The van der Waals surface area contributed by atoms with Crippen LogP contribution >= 0.6 is 0 Å². The van der Waals surface area contributed by atoms with E-state index in [0.29, 0.717) is 28.7 Å². The van der Waals surface area contributed by atoms with Crippen molar-refractivity contribution in [1.29, 1.82) is 0 Å². The molecular formula is C20H26N4O3. The maximum atomic E-state index is 12.8. The number of anilines is 2. The Bertz CT molecular complexity index is 876. The average Bonchev–Trinajstić information content (AvgIpc) is 3.32. The number of nitrogens with zero attached hydrogens (tertiary/aromatic N) is 2. The molecule has 0 unspecified atom stereocenters. The Balaban J connectivity index is 1.90. The van der Waals surface area contributed by atoms with Crippen molar-refractivity contribution in [1.82, 2.24) is 9.78 Å². The number of methoxy groups -OCH3 is 1. The first-order chi connectivity index (χ1) is 12.7. The second kappa shape index (κ2) is 7.06. The summed E-state index contributed by atoms with van der Waals surface area (Å²) < 4.78 is 7.17. The van der Waals surface area contributed by atoms with Crippen LogP contribution in [0.4, 0.5) is 11.4 Å². The first-order valence-electron chi connectivity index (χ1n) is 9.06. The minimum atomic E-state index is -0.320. The maximum absolute atomic E-state index is 12.8. The zero-order chi connectivity index (χ0) is 19.8. The third kappa shape index (κ3) is 4.30. The lowest BCUT2D eigenvalue weighted by molar-refractivity contribution is -0.114. The van der Waals surface area contributed by atoms with E-state index in [9.17, 15) is 9.59 Å². The van der Waals surface area contributed by atoms with E-state index in [2.05, 4.69) is 36.5 Å². The first kappa shape index (κ1) is 18.9. The van der Waals surface area contributed by atoms with Gasteiger partial charge in [-0.15, -0.1) is 0 Å². The van der Waals surface area contributed by atoms with Gasteiger partial charge in [0.2, 0.25) is 5.91 Å². The van der Waals surface area contributed by atoms with Crippen LogP contribution in [-0.2, 0) is 10.3 Å². The lowest BCUT2D eigenvalue weighted by Crippen LogP contribution is -2.26. The zero-order valence-electron chi connectivity index (χ0n) is 16.4. The quantitative estimate of drug-likeness (QED) is 0.840. The highest BCUT2D eigenvalue weighted by molar-refractivity contribution is 6.06. The predicted octanol–water partition coefficient (Wildman–Crippen LogP) is 3.73. The monoisotopic (exact) mass is 370 g/mol. The van der Waals surface area contributed by atoms with Crippen molar-refractivity contribution >= 4 is 23.2 Å². The molecule has 0 spiro atoms. The Hall–Kier alpha value is -2.83. The number of benzene rings is 1. The highest BCUT2D eigenvalue weighted by atomic mass is 16.5. The van der Waals surface area contributed by atoms with Gasteiger partial charge in [0.05, 0.1) is 24.0 Å². The zero-order valence-corrected chi connectivity index (χ0v) is 16.4. The minimum absolute atomic E-state index is 0.201. The standard InChI is InChI=1S/C20H26N4O3/c1-12(25)21-15-9-8-14(27-5)10-16(15)22-19(26)17-11-18(13-6-7-13)24(23-17)20(2,3)4/h8-11,13H,6-7H2,1-5H3,(H,21,25)(H,22,26). The molecule has 1 fully saturated rings. The molecule has 0 saturated heterocycles. The van der Waals surface area contributed by atoms with E-state index < -0.39 is 0 Å². The molecule has 0 atom stereocenters. The lowest BCUT2D eigenvalue weighted by atomic mass is 10.1. The van der Waals surface area contributed by atoms with Gasteiger partial charge in [0.1, 0.15) is 5.75 Å². The van der Waals surface area contributed by atoms with Crippen molar-refractivity contribution in [3.8, 4) is 5.75 Å². The van der Waals surface area contributed by atoms with E-state index in [4.69, 9.17) is 4.74 Å². The van der Waals surface area contributed by atoms with Gasteiger partial charge in [-0.1, -0.05) is 0 Å². The fraction of sp³-hybridized carbons (Fsp3) is 0.450. The molecule has 1 aliphatic carbocycles. The van der Waals surface area contributed by atoms with E-state index in [1.807, 2.05) is 10.7 Å². The van der Waals surface area contributed by atoms with Crippen LogP contribution in [0.25, 0.3) is 0 Å². The number of carbonyl (C=O) groups is 2. The van der Waals surface area contributed by atoms with E-state index in [1.165, 1.54) is 6.92 Å². The molecule has 7 heteroatoms. The van der Waals surface area contributed by atoms with Gasteiger partial charge < -0.3 is 15.4 Å². The Labute approximate surface area is 159 Å². The molecule has 2 aromatic rings. The number of aromatic nitrogens is 2. The summed E-state index contributed by atoms with van der Waals surface area (Å²) in [7, 11) is 1.55. The van der Waals surface area contributed by atoms with Crippen molar-refractivity contribution in [2.45, 2.75) is 52.0 Å². The van der Waals surface area contributed by atoms with E-state index in [0.717, 1.165) is 18.5 Å². The van der Waals surface area contributed by atoms with Gasteiger partial charge in [-0.25, -0.2) is 0 Å². The Morgan fingerprint density at radius 1 is 1.15 bits per heavy atom. The summed E-state index contributed by atoms with van der Waals surface area (Å²) in [5.74, 6) is 0.520. The molecule has 0 bridgehead atoms. The number of carbonyl (C=O) groups excluding carboxylic acids is 2. The van der Waals surface area contributed by atoms with Crippen LogP contribution in [-0.4, -0.2) is 28.7 Å². The van der Waals surface area contributed by atoms with Gasteiger partial charge in [-0.05, 0) is 51.8 Å². The number of amides is 2. The number of nitrogens with one attached hydrogen (secondary N) is 2. The third-order valence-corrected chi connectivity index (χ3v) is 4.39. The Morgan fingerprint density at radius 3 is 2.41 bits per heavy atom. The van der Waals surface area contributed by atoms with E-state index >= 15 is 0 Å². The van der Waals surface area contributed by atoms with Gasteiger partial charge in [-0.3, -0.25) is 14.3 Å². The molecule has 144 valence electrons. The van der Waals surface area contributed by atoms with Crippen molar-refractivity contribution in [2.24, 2.45) is 0 Å². The largest absolute Gasteiger partial charge is 0.497 e. The normalized spacial score (nSPS) is 14.0. The van der Waals surface area contributed by atoms with Crippen LogP contribution in [0.1, 0.15) is 62.6 Å². The highest BCUT2D eigenvalue weighted by Gasteiger charge is 2.32.